The van der Waals surface area contributed by atoms with E-state index < -0.39 is 5.60 Å². The fourth-order valence-electron chi connectivity index (χ4n) is 2.11. The van der Waals surface area contributed by atoms with Gasteiger partial charge in [0.15, 0.2) is 0 Å². The van der Waals surface area contributed by atoms with Crippen molar-refractivity contribution in [1.29, 1.82) is 0 Å². The van der Waals surface area contributed by atoms with Crippen LogP contribution in [0.1, 0.15) is 31.9 Å². The Bertz CT molecular complexity index is 651. The SMILES string of the molecule is CN(C)C.Cc1ccc2[nH]cc(CCNC(=O)OC(C)(C)C)c2c1. The molecule has 1 amide bonds. The molecule has 0 radical (unpaired) electrons. The van der Waals surface area contributed by atoms with Crippen LogP contribution in [-0.4, -0.2) is 49.3 Å². The van der Waals surface area contributed by atoms with Gasteiger partial charge in [0.2, 0.25) is 0 Å². The highest BCUT2D eigenvalue weighted by atomic mass is 16.6. The molecule has 1 heterocycles. The molecule has 0 saturated carbocycles. The van der Waals surface area contributed by atoms with Crippen LogP contribution in [0.2, 0.25) is 0 Å². The van der Waals surface area contributed by atoms with Gasteiger partial charge in [-0.25, -0.2) is 4.79 Å². The van der Waals surface area contributed by atoms with Gasteiger partial charge in [-0.2, -0.15) is 0 Å². The maximum absolute atomic E-state index is 11.6. The Labute approximate surface area is 145 Å². The molecule has 0 unspecified atom stereocenters. The molecule has 1 aromatic carbocycles. The Morgan fingerprint density at radius 3 is 2.46 bits per heavy atom. The molecule has 0 aliphatic carbocycles. The summed E-state index contributed by atoms with van der Waals surface area (Å²) in [5, 5.41) is 4.00. The first-order valence-electron chi connectivity index (χ1n) is 8.23. The van der Waals surface area contributed by atoms with Gasteiger partial charge >= 0.3 is 6.09 Å². The number of amides is 1. The number of fused-ring (bicyclic) bond motifs is 1. The first kappa shape index (κ1) is 20.0. The Kier molecular flexibility index (Phi) is 7.29. The second-order valence-electron chi connectivity index (χ2n) is 7.38. The Balaban J connectivity index is 0.000000648. The summed E-state index contributed by atoms with van der Waals surface area (Å²) in [6, 6.07) is 6.33. The van der Waals surface area contributed by atoms with Crippen molar-refractivity contribution < 1.29 is 9.53 Å². The lowest BCUT2D eigenvalue weighted by molar-refractivity contribution is 0.0528. The molecule has 0 spiro atoms. The summed E-state index contributed by atoms with van der Waals surface area (Å²) < 4.78 is 5.21. The van der Waals surface area contributed by atoms with Gasteiger partial charge in [-0.15, -0.1) is 0 Å². The quantitative estimate of drug-likeness (QED) is 0.900. The summed E-state index contributed by atoms with van der Waals surface area (Å²) in [5.41, 5.74) is 3.11. The first-order chi connectivity index (χ1) is 11.1. The highest BCUT2D eigenvalue weighted by Crippen LogP contribution is 2.19. The molecule has 2 rings (SSSR count). The number of benzene rings is 1. The van der Waals surface area contributed by atoms with E-state index in [1.807, 2.05) is 53.0 Å². The van der Waals surface area contributed by atoms with Gasteiger partial charge in [0.05, 0.1) is 0 Å². The molecule has 134 valence electrons. The Hall–Kier alpha value is -2.01. The van der Waals surface area contributed by atoms with E-state index in [2.05, 4.69) is 35.4 Å². The number of aryl methyl sites for hydroxylation is 1. The van der Waals surface area contributed by atoms with Crippen molar-refractivity contribution in [2.45, 2.75) is 39.7 Å². The number of hydrogen-bond donors (Lipinski definition) is 2. The Morgan fingerprint density at radius 2 is 1.88 bits per heavy atom. The minimum atomic E-state index is -0.456. The zero-order valence-corrected chi connectivity index (χ0v) is 16.0. The number of aromatic nitrogens is 1. The van der Waals surface area contributed by atoms with Crippen molar-refractivity contribution in [1.82, 2.24) is 15.2 Å². The second kappa shape index (κ2) is 8.73. The number of alkyl carbamates (subject to hydrolysis) is 1. The molecular formula is C19H31N3O2. The van der Waals surface area contributed by atoms with E-state index in [1.54, 1.807) is 0 Å². The van der Waals surface area contributed by atoms with E-state index in [-0.39, 0.29) is 6.09 Å². The minimum absolute atomic E-state index is 0.367. The molecule has 0 aliphatic rings. The number of ether oxygens (including phenoxy) is 1. The molecule has 0 saturated heterocycles. The zero-order chi connectivity index (χ0) is 18.3. The molecule has 0 aliphatic heterocycles. The van der Waals surface area contributed by atoms with Crippen LogP contribution >= 0.6 is 0 Å². The van der Waals surface area contributed by atoms with Gasteiger partial charge in [-0.3, -0.25) is 0 Å². The monoisotopic (exact) mass is 333 g/mol. The van der Waals surface area contributed by atoms with Crippen LogP contribution in [0.15, 0.2) is 24.4 Å². The maximum atomic E-state index is 11.6. The van der Waals surface area contributed by atoms with Crippen LogP contribution < -0.4 is 5.32 Å². The number of aromatic amines is 1. The van der Waals surface area contributed by atoms with E-state index in [4.69, 9.17) is 4.74 Å². The number of rotatable bonds is 3. The van der Waals surface area contributed by atoms with Crippen LogP contribution in [0.3, 0.4) is 0 Å². The lowest BCUT2D eigenvalue weighted by atomic mass is 10.1. The summed E-state index contributed by atoms with van der Waals surface area (Å²) in [6.45, 7) is 8.21. The number of nitrogens with zero attached hydrogens (tertiary/aromatic N) is 1. The van der Waals surface area contributed by atoms with E-state index in [1.165, 1.54) is 16.5 Å². The lowest BCUT2D eigenvalue weighted by Crippen LogP contribution is -2.33. The molecule has 24 heavy (non-hydrogen) atoms. The number of nitrogens with one attached hydrogen (secondary N) is 2. The lowest BCUT2D eigenvalue weighted by Gasteiger charge is -2.19. The molecule has 0 atom stereocenters. The largest absolute Gasteiger partial charge is 0.444 e. The van der Waals surface area contributed by atoms with Gasteiger partial charge in [-0.05, 0) is 73.0 Å². The number of H-pyrrole nitrogens is 1. The summed E-state index contributed by atoms with van der Waals surface area (Å²) in [5.74, 6) is 0. The summed E-state index contributed by atoms with van der Waals surface area (Å²) in [7, 11) is 6.00. The van der Waals surface area contributed by atoms with E-state index in [9.17, 15) is 4.79 Å². The second-order valence-corrected chi connectivity index (χ2v) is 7.38. The van der Waals surface area contributed by atoms with Crippen LogP contribution in [0.5, 0.6) is 0 Å². The van der Waals surface area contributed by atoms with Crippen molar-refractivity contribution in [3.8, 4) is 0 Å². The van der Waals surface area contributed by atoms with Gasteiger partial charge in [0.1, 0.15) is 5.60 Å². The van der Waals surface area contributed by atoms with Crippen LogP contribution in [0.25, 0.3) is 10.9 Å². The van der Waals surface area contributed by atoms with Crippen LogP contribution in [0.4, 0.5) is 4.79 Å². The normalized spacial score (nSPS) is 11.2. The van der Waals surface area contributed by atoms with Crippen molar-refractivity contribution in [3.63, 3.8) is 0 Å². The molecule has 1 aromatic heterocycles. The third kappa shape index (κ3) is 7.51. The summed E-state index contributed by atoms with van der Waals surface area (Å²) in [4.78, 5) is 16.8. The summed E-state index contributed by atoms with van der Waals surface area (Å²) in [6.07, 6.45) is 2.41. The van der Waals surface area contributed by atoms with E-state index >= 15 is 0 Å². The topological polar surface area (TPSA) is 57.4 Å². The fraction of sp³-hybridized carbons (Fsp3) is 0.526. The van der Waals surface area contributed by atoms with E-state index in [0.29, 0.717) is 6.54 Å². The Morgan fingerprint density at radius 1 is 1.25 bits per heavy atom. The van der Waals surface area contributed by atoms with Crippen LogP contribution in [0, 0.1) is 6.92 Å². The van der Waals surface area contributed by atoms with Crippen LogP contribution in [-0.2, 0) is 11.2 Å². The first-order valence-corrected chi connectivity index (χ1v) is 8.23. The van der Waals surface area contributed by atoms with Crippen molar-refractivity contribution in [2.24, 2.45) is 0 Å². The van der Waals surface area contributed by atoms with Crippen molar-refractivity contribution >= 4 is 17.0 Å². The van der Waals surface area contributed by atoms with Crippen molar-refractivity contribution in [2.75, 3.05) is 27.7 Å². The molecule has 0 fully saturated rings. The highest BCUT2D eigenvalue weighted by Gasteiger charge is 2.15. The average molecular weight is 333 g/mol. The number of carbonyl (C=O) groups is 1. The molecule has 0 bridgehead atoms. The standard InChI is InChI=1S/C16H22N2O2.C3H9N/c1-11-5-6-14-13(9-11)12(10-18-14)7-8-17-15(19)20-16(2,3)4;1-4(2)3/h5-6,9-10,18H,7-8H2,1-4H3,(H,17,19);1-3H3. The summed E-state index contributed by atoms with van der Waals surface area (Å²) >= 11 is 0. The van der Waals surface area contributed by atoms with Crippen molar-refractivity contribution in [3.05, 3.63) is 35.5 Å². The smallest absolute Gasteiger partial charge is 0.407 e. The average Bonchev–Trinajstić information content (AvgIpc) is 2.78. The molecule has 5 heteroatoms. The molecule has 5 nitrogen and oxygen atoms in total. The highest BCUT2D eigenvalue weighted by molar-refractivity contribution is 5.83. The predicted octanol–water partition coefficient (Wildman–Crippen LogP) is 3.72. The molecule has 2 aromatic rings. The third-order valence-electron chi connectivity index (χ3n) is 2.99. The van der Waals surface area contributed by atoms with Gasteiger partial charge in [-0.1, -0.05) is 11.6 Å². The van der Waals surface area contributed by atoms with Gasteiger partial charge < -0.3 is 19.9 Å². The molecular weight excluding hydrogens is 302 g/mol. The maximum Gasteiger partial charge on any atom is 0.407 e. The number of hydrogen-bond acceptors (Lipinski definition) is 3. The number of carbonyl (C=O) groups excluding carboxylic acids is 1. The van der Waals surface area contributed by atoms with Gasteiger partial charge in [0, 0.05) is 23.6 Å². The minimum Gasteiger partial charge on any atom is -0.444 e. The van der Waals surface area contributed by atoms with E-state index in [0.717, 1.165) is 11.9 Å². The predicted molar refractivity (Wildman–Crippen MR) is 101 cm³/mol. The third-order valence-corrected chi connectivity index (χ3v) is 2.99. The molecule has 2 N–H and O–H groups in total. The fourth-order valence-corrected chi connectivity index (χ4v) is 2.11. The van der Waals surface area contributed by atoms with Gasteiger partial charge in [0.25, 0.3) is 0 Å². The zero-order valence-electron chi connectivity index (χ0n) is 16.0.